The Labute approximate surface area is 316 Å². The highest BCUT2D eigenvalue weighted by atomic mass is 32.1. The van der Waals surface area contributed by atoms with Crippen LogP contribution in [0.25, 0.3) is 81.3 Å². The maximum atomic E-state index is 6.38. The summed E-state index contributed by atoms with van der Waals surface area (Å²) in [5.74, 6) is 0. The lowest BCUT2D eigenvalue weighted by Crippen LogP contribution is -2.09. The summed E-state index contributed by atoms with van der Waals surface area (Å²) in [4.78, 5) is 3.56. The first kappa shape index (κ1) is 30.7. The van der Waals surface area contributed by atoms with Gasteiger partial charge in [0, 0.05) is 44.3 Å². The van der Waals surface area contributed by atoms with Crippen LogP contribution in [0.3, 0.4) is 0 Å². The molecule has 0 saturated carbocycles. The van der Waals surface area contributed by atoms with Crippen molar-refractivity contribution in [1.82, 2.24) is 4.40 Å². The molecule has 3 aromatic heterocycles. The molecular formula is C50H32N2OS. The van der Waals surface area contributed by atoms with Crippen LogP contribution >= 0.6 is 11.3 Å². The summed E-state index contributed by atoms with van der Waals surface area (Å²) in [5.41, 5.74) is 14.7. The number of rotatable bonds is 6. The zero-order chi connectivity index (χ0) is 35.6. The molecule has 4 heteroatoms. The molecule has 54 heavy (non-hydrogen) atoms. The van der Waals surface area contributed by atoms with E-state index in [4.69, 9.17) is 4.42 Å². The van der Waals surface area contributed by atoms with Gasteiger partial charge in [0.2, 0.25) is 0 Å². The zero-order valence-corrected chi connectivity index (χ0v) is 30.0. The van der Waals surface area contributed by atoms with Gasteiger partial charge in [0.05, 0.1) is 15.7 Å². The van der Waals surface area contributed by atoms with Crippen LogP contribution in [0.1, 0.15) is 0 Å². The molecule has 0 aliphatic heterocycles. The summed E-state index contributed by atoms with van der Waals surface area (Å²) in [5, 5.41) is 3.54. The summed E-state index contributed by atoms with van der Waals surface area (Å²) < 4.78 is 10.1. The Morgan fingerprint density at radius 2 is 1.00 bits per heavy atom. The fourth-order valence-electron chi connectivity index (χ4n) is 8.10. The second-order valence-corrected chi connectivity index (χ2v) is 14.7. The van der Waals surface area contributed by atoms with E-state index in [1.54, 1.807) is 0 Å². The fraction of sp³-hybridized carbons (Fsp3) is 0. The smallest absolute Gasteiger partial charge is 0.136 e. The van der Waals surface area contributed by atoms with Crippen LogP contribution in [0.15, 0.2) is 199 Å². The van der Waals surface area contributed by atoms with Crippen molar-refractivity contribution in [3.63, 3.8) is 0 Å². The Bertz CT molecular complexity index is 3100. The van der Waals surface area contributed by atoms with Crippen molar-refractivity contribution in [1.29, 1.82) is 0 Å². The Morgan fingerprint density at radius 1 is 0.407 bits per heavy atom. The van der Waals surface area contributed by atoms with Crippen molar-refractivity contribution in [2.75, 3.05) is 4.90 Å². The van der Waals surface area contributed by atoms with Gasteiger partial charge in [0.15, 0.2) is 0 Å². The number of furan rings is 1. The summed E-state index contributed by atoms with van der Waals surface area (Å²) in [6, 6.07) is 69.5. The van der Waals surface area contributed by atoms with E-state index < -0.39 is 0 Å². The van der Waals surface area contributed by atoms with Crippen LogP contribution in [0.4, 0.5) is 17.1 Å². The third-order valence-corrected chi connectivity index (χ3v) is 11.8. The van der Waals surface area contributed by atoms with Gasteiger partial charge in [0.25, 0.3) is 0 Å². The number of aromatic nitrogens is 1. The van der Waals surface area contributed by atoms with E-state index in [-0.39, 0.29) is 0 Å². The van der Waals surface area contributed by atoms with Crippen LogP contribution in [0.5, 0.6) is 0 Å². The lowest BCUT2D eigenvalue weighted by Gasteiger charge is -2.25. The van der Waals surface area contributed by atoms with Crippen molar-refractivity contribution >= 4 is 76.3 Å². The van der Waals surface area contributed by atoms with Gasteiger partial charge in [-0.05, 0) is 95.1 Å². The van der Waals surface area contributed by atoms with Crippen molar-refractivity contribution in [2.24, 2.45) is 0 Å². The van der Waals surface area contributed by atoms with Gasteiger partial charge < -0.3 is 9.32 Å². The summed E-state index contributed by atoms with van der Waals surface area (Å²) in [7, 11) is 0. The predicted molar refractivity (Wildman–Crippen MR) is 229 cm³/mol. The molecule has 254 valence electrons. The molecule has 11 aromatic rings. The highest BCUT2D eigenvalue weighted by Crippen LogP contribution is 2.47. The van der Waals surface area contributed by atoms with Crippen LogP contribution in [0.2, 0.25) is 0 Å². The molecule has 11 rings (SSSR count). The van der Waals surface area contributed by atoms with Gasteiger partial charge >= 0.3 is 0 Å². The third kappa shape index (κ3) is 4.88. The molecule has 0 aliphatic rings. The molecule has 0 amide bonds. The molecule has 8 aromatic carbocycles. The average molecular weight is 709 g/mol. The van der Waals surface area contributed by atoms with Gasteiger partial charge in [-0.3, -0.25) is 4.40 Å². The SMILES string of the molecule is c1ccc(-c2c3ccccc3n3c2sc2c(-c4ccc(N(c5ccccc5)c5ccccc5)cc4)cc(-c4ccc5c(c4)oc4ccccc45)cc23)cc1. The van der Waals surface area contributed by atoms with Crippen LogP contribution in [-0.4, -0.2) is 4.40 Å². The number of hydrogen-bond donors (Lipinski definition) is 0. The third-order valence-electron chi connectivity index (χ3n) is 10.6. The second kappa shape index (κ2) is 12.4. The molecular weight excluding hydrogens is 677 g/mol. The number of anilines is 3. The molecule has 0 fully saturated rings. The molecule has 0 saturated heterocycles. The van der Waals surface area contributed by atoms with Crippen LogP contribution in [0, 0.1) is 0 Å². The summed E-state index contributed by atoms with van der Waals surface area (Å²) >= 11 is 1.88. The largest absolute Gasteiger partial charge is 0.456 e. The molecule has 0 spiro atoms. The fourth-order valence-corrected chi connectivity index (χ4v) is 9.45. The lowest BCUT2D eigenvalue weighted by molar-refractivity contribution is 0.669. The minimum Gasteiger partial charge on any atom is -0.456 e. The Kier molecular flexibility index (Phi) is 7.04. The second-order valence-electron chi connectivity index (χ2n) is 13.7. The molecule has 0 atom stereocenters. The van der Waals surface area contributed by atoms with Crippen molar-refractivity contribution in [2.45, 2.75) is 0 Å². The lowest BCUT2D eigenvalue weighted by atomic mass is 9.97. The highest BCUT2D eigenvalue weighted by Gasteiger charge is 2.22. The van der Waals surface area contributed by atoms with Gasteiger partial charge in [-0.1, -0.05) is 121 Å². The number of benzene rings is 8. The molecule has 0 radical (unpaired) electrons. The highest BCUT2D eigenvalue weighted by molar-refractivity contribution is 7.25. The quantitative estimate of drug-likeness (QED) is 0.171. The van der Waals surface area contributed by atoms with E-state index in [1.165, 1.54) is 48.2 Å². The van der Waals surface area contributed by atoms with Crippen molar-refractivity contribution in [3.8, 4) is 33.4 Å². The zero-order valence-electron chi connectivity index (χ0n) is 29.2. The van der Waals surface area contributed by atoms with Gasteiger partial charge in [-0.15, -0.1) is 11.3 Å². The van der Waals surface area contributed by atoms with Crippen molar-refractivity contribution < 1.29 is 4.42 Å². The van der Waals surface area contributed by atoms with E-state index in [9.17, 15) is 0 Å². The number of fused-ring (bicyclic) bond motifs is 8. The van der Waals surface area contributed by atoms with Gasteiger partial charge in [0.1, 0.15) is 16.0 Å². The maximum absolute atomic E-state index is 6.38. The minimum atomic E-state index is 0.898. The number of hydrogen-bond acceptors (Lipinski definition) is 3. The first-order valence-electron chi connectivity index (χ1n) is 18.3. The Balaban J connectivity index is 1.15. The van der Waals surface area contributed by atoms with E-state index in [0.29, 0.717) is 0 Å². The van der Waals surface area contributed by atoms with Crippen LogP contribution in [-0.2, 0) is 0 Å². The normalized spacial score (nSPS) is 11.7. The molecule has 3 nitrogen and oxygen atoms in total. The standard InChI is InChI=1S/C50H32N2OS/c1-4-14-34(15-5-1)48-42-21-10-12-22-44(42)52-45-31-36(35-26-29-41-40-20-11-13-23-46(40)53-47(41)32-35)30-43(49(45)54-50(48)52)33-24-27-39(28-25-33)51(37-16-6-2-7-17-37)38-18-8-3-9-19-38/h1-32H. The van der Waals surface area contributed by atoms with E-state index in [2.05, 4.69) is 191 Å². The number of thiazole rings is 1. The minimum absolute atomic E-state index is 0.898. The van der Waals surface area contributed by atoms with Crippen LogP contribution < -0.4 is 4.90 Å². The number of nitrogens with zero attached hydrogens (tertiary/aromatic N) is 2. The topological polar surface area (TPSA) is 20.8 Å². The molecule has 3 heterocycles. The maximum Gasteiger partial charge on any atom is 0.136 e. The molecule has 0 unspecified atom stereocenters. The van der Waals surface area contributed by atoms with Gasteiger partial charge in [-0.2, -0.15) is 0 Å². The predicted octanol–water partition coefficient (Wildman–Crippen LogP) is 14.7. The molecule has 0 N–H and O–H groups in total. The molecule has 0 bridgehead atoms. The molecule has 0 aliphatic carbocycles. The Morgan fingerprint density at radius 3 is 1.74 bits per heavy atom. The van der Waals surface area contributed by atoms with E-state index in [0.717, 1.165) is 50.1 Å². The van der Waals surface area contributed by atoms with Gasteiger partial charge in [-0.25, -0.2) is 0 Å². The van der Waals surface area contributed by atoms with E-state index >= 15 is 0 Å². The summed E-state index contributed by atoms with van der Waals surface area (Å²) in [6.07, 6.45) is 0. The Hall–Kier alpha value is -6.88. The summed E-state index contributed by atoms with van der Waals surface area (Å²) in [6.45, 7) is 0. The first-order valence-corrected chi connectivity index (χ1v) is 19.1. The first-order chi connectivity index (χ1) is 26.8. The number of para-hydroxylation sites is 4. The monoisotopic (exact) mass is 708 g/mol. The van der Waals surface area contributed by atoms with E-state index in [1.807, 2.05) is 23.5 Å². The average Bonchev–Trinajstić information content (AvgIpc) is 3.90. The van der Waals surface area contributed by atoms with Crippen molar-refractivity contribution in [3.05, 3.63) is 194 Å².